The summed E-state index contributed by atoms with van der Waals surface area (Å²) in [6.07, 6.45) is 10.7. The van der Waals surface area contributed by atoms with Crippen LogP contribution in [-0.4, -0.2) is 103 Å². The average molecular weight is 1490 g/mol. The van der Waals surface area contributed by atoms with E-state index in [-0.39, 0.29) is 68.5 Å². The molecule has 2 saturated carbocycles. The Bertz CT molecular complexity index is 3840. The normalized spacial score (nSPS) is 24.9. The summed E-state index contributed by atoms with van der Waals surface area (Å²) in [6, 6.07) is 32.5. The van der Waals surface area contributed by atoms with Gasteiger partial charge in [-0.3, -0.25) is 28.3 Å². The highest BCUT2D eigenvalue weighted by molar-refractivity contribution is 7.85. The molecule has 6 fully saturated rings. The molecule has 2 amide bonds. The number of halogens is 3. The molecule has 12 rings (SSSR count). The van der Waals surface area contributed by atoms with Crippen molar-refractivity contribution in [2.45, 2.75) is 193 Å². The van der Waals surface area contributed by atoms with Crippen LogP contribution in [0.5, 0.6) is 11.5 Å². The Labute approximate surface area is 608 Å². The third-order valence-corrected chi connectivity index (χ3v) is 22.6. The van der Waals surface area contributed by atoms with Crippen LogP contribution in [0.2, 0.25) is 0 Å². The quantitative estimate of drug-likeness (QED) is 0.0368. The summed E-state index contributed by atoms with van der Waals surface area (Å²) in [5, 5.41) is 9.78. The van der Waals surface area contributed by atoms with Crippen molar-refractivity contribution in [2.24, 2.45) is 23.3 Å². The molecule has 4 saturated heterocycles. The lowest BCUT2D eigenvalue weighted by atomic mass is 9.98. The third kappa shape index (κ3) is 21.0. The minimum atomic E-state index is -3.95. The van der Waals surface area contributed by atoms with Gasteiger partial charge in [-0.2, -0.15) is 9.13 Å². The monoisotopic (exact) mass is 1490 g/mol. The number of hydrogen-bond acceptors (Lipinski definition) is 18. The molecule has 0 spiro atoms. The number of benzene rings is 4. The molecule has 101 heavy (non-hydrogen) atoms. The van der Waals surface area contributed by atoms with Gasteiger partial charge in [0.2, 0.25) is 0 Å². The zero-order valence-corrected chi connectivity index (χ0v) is 62.2. The number of esters is 2. The van der Waals surface area contributed by atoms with Gasteiger partial charge in [-0.25, -0.2) is 4.57 Å². The zero-order valence-electron chi connectivity index (χ0n) is 58.1. The van der Waals surface area contributed by atoms with Gasteiger partial charge >= 0.3 is 26.3 Å². The lowest BCUT2D eigenvalue weighted by molar-refractivity contribution is -0.766. The molecule has 6 aliphatic rings. The van der Waals surface area contributed by atoms with Gasteiger partial charge in [-0.05, 0) is 163 Å². The van der Waals surface area contributed by atoms with Crippen molar-refractivity contribution >= 4 is 49.3 Å². The molecule has 2 aromatic heterocycles. The van der Waals surface area contributed by atoms with Gasteiger partial charge in [0.05, 0.1) is 37.4 Å². The fraction of sp³-hybridized carbons (Fsp3) is 0.486. The van der Waals surface area contributed by atoms with Crippen LogP contribution in [0, 0.1) is 53.4 Å². The smallest absolute Gasteiger partial charge is 0.380 e. The van der Waals surface area contributed by atoms with Gasteiger partial charge in [-0.1, -0.05) is 98.5 Å². The molecule has 0 bridgehead atoms. The number of aromatic nitrogens is 2. The average Bonchev–Trinajstić information content (AvgIpc) is 1.61. The lowest BCUT2D eigenvalue weighted by Crippen LogP contribution is -3.00. The van der Waals surface area contributed by atoms with Gasteiger partial charge in [0.1, 0.15) is 59.2 Å². The fourth-order valence-corrected chi connectivity index (χ4v) is 17.8. The van der Waals surface area contributed by atoms with E-state index in [9.17, 15) is 33.4 Å². The topological polar surface area (TPSA) is 284 Å². The van der Waals surface area contributed by atoms with Crippen LogP contribution in [0.3, 0.4) is 0 Å². The van der Waals surface area contributed by atoms with E-state index < -0.39 is 106 Å². The molecule has 2 aliphatic carbocycles. The number of ether oxygens (including phenoxy) is 8. The van der Waals surface area contributed by atoms with E-state index >= 15 is 0 Å². The summed E-state index contributed by atoms with van der Waals surface area (Å²) in [7, 11) is -3.95. The minimum Gasteiger partial charge on any atom is -1.00 e. The highest BCUT2D eigenvalue weighted by Crippen LogP contribution is 2.55. The molecular formula is C74H93Cl3N4O18P2. The summed E-state index contributed by atoms with van der Waals surface area (Å²) in [6.45, 7) is 11.8. The first-order valence-electron chi connectivity index (χ1n) is 34.1. The number of para-hydroxylation sites is 2. The second kappa shape index (κ2) is 36.4. The van der Waals surface area contributed by atoms with Crippen LogP contribution >= 0.6 is 25.6 Å². The summed E-state index contributed by atoms with van der Waals surface area (Å²) in [5.74, 6) is -2.36. The van der Waals surface area contributed by atoms with E-state index in [2.05, 4.69) is 31.2 Å². The maximum Gasteiger partial charge on any atom is 0.380 e. The van der Waals surface area contributed by atoms with E-state index in [1.165, 1.54) is 12.0 Å². The van der Waals surface area contributed by atoms with Crippen LogP contribution in [0.25, 0.3) is 0 Å². The summed E-state index contributed by atoms with van der Waals surface area (Å²) >= 11 is 5.98. The van der Waals surface area contributed by atoms with Gasteiger partial charge in [-0.15, -0.1) is 0 Å². The summed E-state index contributed by atoms with van der Waals surface area (Å²) in [5.41, 5.74) is 20.2. The number of primary amides is 2. The van der Waals surface area contributed by atoms with Crippen molar-refractivity contribution in [3.8, 4) is 11.5 Å². The van der Waals surface area contributed by atoms with E-state index in [1.807, 2.05) is 46.8 Å². The molecule has 6 aromatic rings. The molecule has 27 heteroatoms. The first kappa shape index (κ1) is 80.4. The zero-order chi connectivity index (χ0) is 70.7. The standard InChI is InChI=1S/C37H45N2O9P.C21H24N2O5.C16H22ClO4P.2ClH/c1-23-18-24(2)31(25(3)19-23)37-46-32-30(45-35(33(32)47-37)39-17-11-12-27(20-39)34(38)40)21-43-49(42,48-29-15-9-6-10-16-29)22-26(4)36(41)44-28-13-7-5-8-14-28;1-11-7-12(2)16(13(3)8-11)21-27-17-15(10-24)26-20(18(17)28-21)23-6-4-5-14(9-23)19(22)25;1-13(16(18)20-14-8-4-2-5-9-14)12-22(17,19)21-15-10-6-3-7-11-15;;/h6,9-12,15-20,26,28,30,32-33,35,37H,5,7-8,13-14,21-22H2,1-4H3,(H-,38,40);4-9,15,17-18,20-21,24H,10H2,1-3H3,(H-,22,25);3,6-7,10-11,13-14H,2,4-5,8-9,12H2,1H3;2*1H/t26-,30-,32-,33-,35-,37?,49?;15-,17-,18-,20-,21?;13-,22?;;/m111../s1. The van der Waals surface area contributed by atoms with E-state index in [4.69, 9.17) is 74.2 Å². The molecule has 6 heterocycles. The minimum absolute atomic E-state index is 0. The summed E-state index contributed by atoms with van der Waals surface area (Å²) < 4.78 is 97.1. The van der Waals surface area contributed by atoms with Gasteiger partial charge in [0.15, 0.2) is 49.6 Å². The van der Waals surface area contributed by atoms with Crippen LogP contribution in [0.4, 0.5) is 0 Å². The number of aryl methyl sites for hydroxylation is 6. The van der Waals surface area contributed by atoms with E-state index in [1.54, 1.807) is 121 Å². The number of nitrogens with two attached hydrogens (primary N) is 2. The van der Waals surface area contributed by atoms with Crippen molar-refractivity contribution < 1.29 is 119 Å². The number of pyridine rings is 2. The van der Waals surface area contributed by atoms with Crippen molar-refractivity contribution in [2.75, 3.05) is 25.5 Å². The van der Waals surface area contributed by atoms with Gasteiger partial charge in [0, 0.05) is 23.3 Å². The molecule has 22 nitrogen and oxygen atoms in total. The molecule has 548 valence electrons. The second-order valence-corrected chi connectivity index (χ2v) is 32.0. The summed E-state index contributed by atoms with van der Waals surface area (Å²) in [4.78, 5) is 48.8. The number of hydrogen-bond donors (Lipinski definition) is 3. The highest BCUT2D eigenvalue weighted by atomic mass is 35.7. The van der Waals surface area contributed by atoms with Crippen molar-refractivity contribution in [3.05, 3.63) is 190 Å². The first-order valence-corrected chi connectivity index (χ1v) is 38.5. The Morgan fingerprint density at radius 1 is 0.535 bits per heavy atom. The Kier molecular flexibility index (Phi) is 29.0. The SMILES string of the molecule is C[C@H](CP(=O)(Cl)Oc1ccccc1)C(=O)OC1CCCCC1.Cc1cc(C)c(C2O[C@@H]3[C@H](O2)[C@@H](CO)O[C@H]3[n+]2cccc(C(N)=O)c2)c(C)c1.Cc1cc(C)c(C2O[C@@H]3[C@H](O2)[C@@H](COP(=O)(C[C@@H](C)C(=O)OC2CCCCC2)Oc2ccccc2)O[C@H]3[n+]2cccc(C(N)=O)c2)c(C)c1.[Cl-].[Cl-]. The lowest BCUT2D eigenvalue weighted by Gasteiger charge is -2.26. The molecule has 4 aromatic carbocycles. The molecular weight excluding hydrogens is 1400 g/mol. The third-order valence-electron chi connectivity index (χ3n) is 18.5. The largest absolute Gasteiger partial charge is 1.00 e. The predicted octanol–water partition coefficient (Wildman–Crippen LogP) is 6.57. The van der Waals surface area contributed by atoms with Crippen molar-refractivity contribution in [3.63, 3.8) is 0 Å². The Balaban J connectivity index is 0.000000211. The molecule has 0 radical (unpaired) electrons. The Morgan fingerprint density at radius 2 is 0.921 bits per heavy atom. The maximum absolute atomic E-state index is 14.5. The Morgan fingerprint density at radius 3 is 1.34 bits per heavy atom. The van der Waals surface area contributed by atoms with E-state index in [0.29, 0.717) is 22.6 Å². The number of aliphatic hydroxyl groups is 1. The first-order chi connectivity index (χ1) is 47.3. The van der Waals surface area contributed by atoms with Crippen LogP contribution in [-0.2, 0) is 61.1 Å². The molecule has 4 aliphatic heterocycles. The second-order valence-electron chi connectivity index (χ2n) is 26.7. The molecule has 14 atom stereocenters. The number of carbonyl (C=O) groups excluding carboxylic acids is 4. The van der Waals surface area contributed by atoms with Crippen LogP contribution in [0.15, 0.2) is 134 Å². The maximum atomic E-state index is 14.5. The molecule has 5 N–H and O–H groups in total. The predicted molar refractivity (Wildman–Crippen MR) is 367 cm³/mol. The number of fused-ring (bicyclic) bond motifs is 2. The van der Waals surface area contributed by atoms with Gasteiger partial charge in [0.25, 0.3) is 24.3 Å². The number of amides is 2. The van der Waals surface area contributed by atoms with Crippen molar-refractivity contribution in [1.29, 1.82) is 0 Å². The number of nitrogens with zero attached hydrogens (tertiary/aromatic N) is 2. The fourth-order valence-electron chi connectivity index (χ4n) is 13.8. The van der Waals surface area contributed by atoms with Crippen molar-refractivity contribution in [1.82, 2.24) is 0 Å². The van der Waals surface area contributed by atoms with E-state index in [0.717, 1.165) is 96.7 Å². The number of rotatable bonds is 22. The molecule has 4 unspecified atom stereocenters. The van der Waals surface area contributed by atoms with Crippen LogP contribution < -0.4 is 54.5 Å². The highest BCUT2D eigenvalue weighted by Gasteiger charge is 2.59. The Hall–Kier alpha value is -6.33. The number of aliphatic hydroxyl groups excluding tert-OH is 1. The van der Waals surface area contributed by atoms with Gasteiger partial charge < -0.3 is 88.3 Å². The number of carbonyl (C=O) groups is 4. The van der Waals surface area contributed by atoms with Crippen LogP contribution in [0.1, 0.15) is 168 Å².